The third-order valence-corrected chi connectivity index (χ3v) is 6.07. The first-order valence-electron chi connectivity index (χ1n) is 12.0. The minimum atomic E-state index is -0.814. The molecule has 3 heterocycles. The molecule has 1 aliphatic heterocycles. The largest absolute Gasteiger partial charge is 0.497 e. The molecule has 1 saturated heterocycles. The van der Waals surface area contributed by atoms with Gasteiger partial charge in [0.05, 0.1) is 19.3 Å². The van der Waals surface area contributed by atoms with E-state index in [9.17, 15) is 9.59 Å². The van der Waals surface area contributed by atoms with Gasteiger partial charge in [0.15, 0.2) is 0 Å². The Kier molecular flexibility index (Phi) is 7.71. The number of amides is 2. The van der Waals surface area contributed by atoms with Crippen LogP contribution < -0.4 is 26.4 Å². The number of nitrogens with one attached hydrogen (secondary N) is 1. The first-order chi connectivity index (χ1) is 17.7. The quantitative estimate of drug-likeness (QED) is 0.416. The molecule has 1 aliphatic rings. The number of piperidine rings is 1. The average Bonchev–Trinajstić information content (AvgIpc) is 2.88. The maximum Gasteiger partial charge on any atom is 0.404 e. The predicted octanol–water partition coefficient (Wildman–Crippen LogP) is 3.58. The van der Waals surface area contributed by atoms with Crippen molar-refractivity contribution in [2.24, 2.45) is 11.5 Å². The number of carbonyl (C=O) groups is 2. The number of nitrogens with two attached hydrogens (primary N) is 2. The molecule has 1 fully saturated rings. The van der Waals surface area contributed by atoms with Crippen LogP contribution in [0.2, 0.25) is 0 Å². The molecule has 2 amide bonds. The molecule has 11 nitrogen and oxygen atoms in total. The average molecular weight is 506 g/mol. The molecule has 4 rings (SSSR count). The van der Waals surface area contributed by atoms with Gasteiger partial charge in [-0.15, -0.1) is 0 Å². The van der Waals surface area contributed by atoms with Gasteiger partial charge in [-0.25, -0.2) is 9.78 Å². The second-order valence-electron chi connectivity index (χ2n) is 9.12. The molecule has 2 aromatic heterocycles. The van der Waals surface area contributed by atoms with Crippen LogP contribution in [0.15, 0.2) is 42.6 Å². The number of pyridine rings is 1. The van der Waals surface area contributed by atoms with Crippen molar-refractivity contribution < 1.29 is 19.1 Å². The molecular weight excluding hydrogens is 474 g/mol. The summed E-state index contributed by atoms with van der Waals surface area (Å²) in [6.45, 7) is 5.18. The van der Waals surface area contributed by atoms with Gasteiger partial charge in [0.1, 0.15) is 23.2 Å². The van der Waals surface area contributed by atoms with Crippen molar-refractivity contribution in [2.75, 3.05) is 30.4 Å². The van der Waals surface area contributed by atoms with E-state index in [0.717, 1.165) is 29.1 Å². The normalized spacial score (nSPS) is 15.4. The molecule has 0 saturated carbocycles. The third-order valence-electron chi connectivity index (χ3n) is 6.07. The van der Waals surface area contributed by atoms with Gasteiger partial charge in [0, 0.05) is 29.7 Å². The lowest BCUT2D eigenvalue weighted by Gasteiger charge is -2.32. The van der Waals surface area contributed by atoms with Crippen LogP contribution in [0, 0.1) is 0 Å². The maximum atomic E-state index is 12.2. The van der Waals surface area contributed by atoms with Crippen LogP contribution in [0.25, 0.3) is 11.3 Å². The van der Waals surface area contributed by atoms with E-state index in [1.807, 2.05) is 41.3 Å². The first-order valence-corrected chi connectivity index (χ1v) is 12.0. The Morgan fingerprint density at radius 2 is 1.89 bits per heavy atom. The van der Waals surface area contributed by atoms with Crippen molar-refractivity contribution in [3.05, 3.63) is 53.9 Å². The lowest BCUT2D eigenvalue weighted by molar-refractivity contribution is 0.0959. The molecule has 194 valence electrons. The lowest BCUT2D eigenvalue weighted by atomic mass is 10.1. The number of hydrogen-bond acceptors (Lipinski definition) is 9. The zero-order valence-electron chi connectivity index (χ0n) is 21.1. The number of carbonyl (C=O) groups excluding carboxylic acids is 2. The van der Waals surface area contributed by atoms with E-state index >= 15 is 0 Å². The summed E-state index contributed by atoms with van der Waals surface area (Å²) in [6, 6.07) is 11.4. The highest BCUT2D eigenvalue weighted by Gasteiger charge is 2.25. The van der Waals surface area contributed by atoms with E-state index in [2.05, 4.69) is 29.1 Å². The summed E-state index contributed by atoms with van der Waals surface area (Å²) in [5.41, 5.74) is 14.2. The van der Waals surface area contributed by atoms with Gasteiger partial charge in [-0.05, 0) is 55.2 Å². The van der Waals surface area contributed by atoms with E-state index < -0.39 is 12.0 Å². The van der Waals surface area contributed by atoms with E-state index in [0.29, 0.717) is 31.1 Å². The number of rotatable bonds is 8. The molecule has 3 aromatic rings. The molecule has 1 aromatic carbocycles. The summed E-state index contributed by atoms with van der Waals surface area (Å²) in [5.74, 6) is 0.917. The van der Waals surface area contributed by atoms with Gasteiger partial charge < -0.3 is 31.2 Å². The number of benzene rings is 1. The molecule has 37 heavy (non-hydrogen) atoms. The van der Waals surface area contributed by atoms with Gasteiger partial charge in [0.25, 0.3) is 5.91 Å². The molecule has 0 bridgehead atoms. The predicted molar refractivity (Wildman–Crippen MR) is 140 cm³/mol. The molecule has 1 atom stereocenters. The highest BCUT2D eigenvalue weighted by molar-refractivity contribution is 5.98. The van der Waals surface area contributed by atoms with Crippen LogP contribution in [0.3, 0.4) is 0 Å². The van der Waals surface area contributed by atoms with Crippen LogP contribution >= 0.6 is 0 Å². The van der Waals surface area contributed by atoms with Gasteiger partial charge >= 0.3 is 6.09 Å². The number of nitrogens with zero attached hydrogens (tertiary/aromatic N) is 4. The molecule has 11 heteroatoms. The summed E-state index contributed by atoms with van der Waals surface area (Å²) >= 11 is 0. The van der Waals surface area contributed by atoms with Gasteiger partial charge in [0.2, 0.25) is 5.95 Å². The zero-order chi connectivity index (χ0) is 26.5. The van der Waals surface area contributed by atoms with Crippen molar-refractivity contribution in [1.82, 2.24) is 15.0 Å². The minimum Gasteiger partial charge on any atom is -0.497 e. The van der Waals surface area contributed by atoms with Gasteiger partial charge in [-0.3, -0.25) is 9.78 Å². The van der Waals surface area contributed by atoms with E-state index in [-0.39, 0.29) is 23.4 Å². The smallest absolute Gasteiger partial charge is 0.404 e. The molecule has 1 unspecified atom stereocenters. The Morgan fingerprint density at radius 1 is 1.14 bits per heavy atom. The number of anilines is 3. The van der Waals surface area contributed by atoms with Crippen LogP contribution in [0.5, 0.6) is 5.75 Å². The van der Waals surface area contributed by atoms with Gasteiger partial charge in [-0.2, -0.15) is 4.98 Å². The Hall–Kier alpha value is -4.41. The van der Waals surface area contributed by atoms with Crippen molar-refractivity contribution in [1.29, 1.82) is 0 Å². The third kappa shape index (κ3) is 6.24. The SMILES string of the molecule is COc1ccc(-c2cc(Nc3nc(N4CCCC(OC(N)=O)C4)ncc3C(N)=O)cc(C(C)C)n2)cc1. The van der Waals surface area contributed by atoms with Crippen molar-refractivity contribution in [3.63, 3.8) is 0 Å². The Balaban J connectivity index is 1.68. The summed E-state index contributed by atoms with van der Waals surface area (Å²) in [7, 11) is 1.62. The van der Waals surface area contributed by atoms with E-state index in [4.69, 9.17) is 25.9 Å². The highest BCUT2D eigenvalue weighted by Crippen LogP contribution is 2.29. The summed E-state index contributed by atoms with van der Waals surface area (Å²) < 4.78 is 10.4. The van der Waals surface area contributed by atoms with Crippen molar-refractivity contribution >= 4 is 29.5 Å². The molecule has 0 aliphatic carbocycles. The number of ether oxygens (including phenoxy) is 2. The topological polar surface area (TPSA) is 159 Å². The Morgan fingerprint density at radius 3 is 2.54 bits per heavy atom. The fourth-order valence-corrected chi connectivity index (χ4v) is 4.15. The summed E-state index contributed by atoms with van der Waals surface area (Å²) in [5, 5.41) is 3.26. The Bertz CT molecular complexity index is 1280. The van der Waals surface area contributed by atoms with Gasteiger partial charge in [-0.1, -0.05) is 13.8 Å². The van der Waals surface area contributed by atoms with Crippen LogP contribution in [-0.2, 0) is 4.74 Å². The standard InChI is InChI=1S/C26H31N7O4/c1-15(2)21-11-17(12-22(31-21)16-6-8-18(36-3)9-7-16)30-24-20(23(27)34)13-29-26(32-24)33-10-4-5-19(14-33)37-25(28)35/h6-9,11-13,15,19H,4-5,10,14H2,1-3H3,(H2,27,34)(H2,28,35)(H,29,30,31,32). The maximum absolute atomic E-state index is 12.2. The van der Waals surface area contributed by atoms with Crippen LogP contribution in [0.4, 0.5) is 22.2 Å². The van der Waals surface area contributed by atoms with Crippen molar-refractivity contribution in [2.45, 2.75) is 38.7 Å². The molecule has 0 spiro atoms. The number of aromatic nitrogens is 3. The summed E-state index contributed by atoms with van der Waals surface area (Å²) in [4.78, 5) is 39.1. The number of methoxy groups -OCH3 is 1. The second kappa shape index (κ2) is 11.1. The monoisotopic (exact) mass is 505 g/mol. The fourth-order valence-electron chi connectivity index (χ4n) is 4.15. The fraction of sp³-hybridized carbons (Fsp3) is 0.346. The zero-order valence-corrected chi connectivity index (χ0v) is 21.1. The highest BCUT2D eigenvalue weighted by atomic mass is 16.6. The molecule has 0 radical (unpaired) electrons. The number of primary amides is 2. The van der Waals surface area contributed by atoms with E-state index in [1.165, 1.54) is 6.20 Å². The minimum absolute atomic E-state index is 0.152. The van der Waals surface area contributed by atoms with Crippen LogP contribution in [-0.4, -0.2) is 53.3 Å². The number of hydrogen-bond donors (Lipinski definition) is 3. The first kappa shape index (κ1) is 25.7. The molecular formula is C26H31N7O4. The second-order valence-corrected chi connectivity index (χ2v) is 9.12. The lowest BCUT2D eigenvalue weighted by Crippen LogP contribution is -2.42. The molecule has 5 N–H and O–H groups in total. The Labute approximate surface area is 215 Å². The van der Waals surface area contributed by atoms with E-state index in [1.54, 1.807) is 7.11 Å². The van der Waals surface area contributed by atoms with Crippen molar-refractivity contribution in [3.8, 4) is 17.0 Å². The van der Waals surface area contributed by atoms with Crippen LogP contribution in [0.1, 0.15) is 48.7 Å². The summed E-state index contributed by atoms with van der Waals surface area (Å²) in [6.07, 6.45) is 1.70.